The van der Waals surface area contributed by atoms with E-state index in [4.69, 9.17) is 0 Å². The van der Waals surface area contributed by atoms with Crippen LogP contribution in [0.4, 0.5) is 0 Å². The second-order valence-corrected chi connectivity index (χ2v) is 6.59. The lowest BCUT2D eigenvalue weighted by Gasteiger charge is -2.43. The maximum absolute atomic E-state index is 3.80. The Morgan fingerprint density at radius 3 is 2.61 bits per heavy atom. The second-order valence-electron chi connectivity index (χ2n) is 5.61. The van der Waals surface area contributed by atoms with Gasteiger partial charge >= 0.3 is 0 Å². The molecule has 3 heteroatoms. The van der Waals surface area contributed by atoms with Crippen LogP contribution in [0.3, 0.4) is 0 Å². The number of thiophene rings is 1. The van der Waals surface area contributed by atoms with Gasteiger partial charge in [0.2, 0.25) is 0 Å². The Morgan fingerprint density at radius 2 is 2.11 bits per heavy atom. The third-order valence-electron chi connectivity index (χ3n) is 4.32. The normalized spacial score (nSPS) is 20.4. The zero-order valence-electron chi connectivity index (χ0n) is 11.9. The Hall–Kier alpha value is -0.380. The lowest BCUT2D eigenvalue weighted by atomic mass is 9.85. The van der Waals surface area contributed by atoms with Gasteiger partial charge in [-0.15, -0.1) is 11.3 Å². The maximum Gasteiger partial charge on any atom is 0.0601 e. The van der Waals surface area contributed by atoms with Crippen LogP contribution in [0.1, 0.15) is 49.9 Å². The molecule has 2 rings (SSSR count). The molecule has 0 aromatic carbocycles. The third kappa shape index (κ3) is 2.63. The second kappa shape index (κ2) is 6.18. The van der Waals surface area contributed by atoms with Gasteiger partial charge in [0.25, 0.3) is 0 Å². The fraction of sp³-hybridized carbons (Fsp3) is 0.733. The zero-order chi connectivity index (χ0) is 13.0. The quantitative estimate of drug-likeness (QED) is 0.845. The Kier molecular flexibility index (Phi) is 4.82. The van der Waals surface area contributed by atoms with Crippen molar-refractivity contribution in [3.05, 3.63) is 22.4 Å². The zero-order valence-corrected chi connectivity index (χ0v) is 12.7. The molecular formula is C15H26N2S. The predicted octanol–water partition coefficient (Wildman–Crippen LogP) is 3.66. The molecule has 2 nitrogen and oxygen atoms in total. The molecule has 1 heterocycles. The fourth-order valence-corrected chi connectivity index (χ4v) is 4.19. The van der Waals surface area contributed by atoms with Gasteiger partial charge < -0.3 is 10.2 Å². The molecule has 1 aliphatic rings. The summed E-state index contributed by atoms with van der Waals surface area (Å²) in [4.78, 5) is 3.96. The molecule has 0 bridgehead atoms. The molecular weight excluding hydrogens is 240 g/mol. The van der Waals surface area contributed by atoms with Crippen LogP contribution < -0.4 is 5.32 Å². The summed E-state index contributed by atoms with van der Waals surface area (Å²) in [6.45, 7) is 3.35. The Bertz CT molecular complexity index is 339. The first-order valence-electron chi connectivity index (χ1n) is 7.15. The highest BCUT2D eigenvalue weighted by Gasteiger charge is 2.43. The highest BCUT2D eigenvalue weighted by atomic mass is 32.1. The van der Waals surface area contributed by atoms with Crippen molar-refractivity contribution in [1.29, 1.82) is 0 Å². The minimum Gasteiger partial charge on any atom is -0.308 e. The van der Waals surface area contributed by atoms with Crippen molar-refractivity contribution < 1.29 is 0 Å². The van der Waals surface area contributed by atoms with Crippen LogP contribution in [0, 0.1) is 0 Å². The van der Waals surface area contributed by atoms with E-state index in [1.54, 1.807) is 0 Å². The molecule has 102 valence electrons. The molecule has 1 aromatic heterocycles. The van der Waals surface area contributed by atoms with E-state index in [9.17, 15) is 0 Å². The molecule has 0 amide bonds. The van der Waals surface area contributed by atoms with Crippen LogP contribution in [-0.4, -0.2) is 31.1 Å². The standard InChI is InChI=1S/C15H26N2S/c1-4-11-16-14(13-8-7-12-18-13)15(17(2)3)9-5-6-10-15/h7-8,12,14,16H,4-6,9-11H2,1-3H3. The molecule has 18 heavy (non-hydrogen) atoms. The minimum atomic E-state index is 0.319. The van der Waals surface area contributed by atoms with Crippen molar-refractivity contribution in [3.63, 3.8) is 0 Å². The largest absolute Gasteiger partial charge is 0.308 e. The van der Waals surface area contributed by atoms with Crippen LogP contribution in [0.5, 0.6) is 0 Å². The van der Waals surface area contributed by atoms with Gasteiger partial charge in [0, 0.05) is 10.4 Å². The molecule has 1 saturated carbocycles. The maximum atomic E-state index is 3.80. The summed E-state index contributed by atoms with van der Waals surface area (Å²) >= 11 is 1.90. The van der Waals surface area contributed by atoms with E-state index in [2.05, 4.69) is 48.7 Å². The van der Waals surface area contributed by atoms with Crippen LogP contribution in [0.15, 0.2) is 17.5 Å². The smallest absolute Gasteiger partial charge is 0.0601 e. The summed E-state index contributed by atoms with van der Waals surface area (Å²) in [5.41, 5.74) is 0.319. The van der Waals surface area contributed by atoms with E-state index in [1.807, 2.05) is 11.3 Å². The number of hydrogen-bond acceptors (Lipinski definition) is 3. The van der Waals surface area contributed by atoms with E-state index in [1.165, 1.54) is 37.0 Å². The molecule has 1 N–H and O–H groups in total. The first-order valence-corrected chi connectivity index (χ1v) is 8.03. The van der Waals surface area contributed by atoms with E-state index in [0.29, 0.717) is 11.6 Å². The van der Waals surface area contributed by atoms with Gasteiger partial charge in [-0.1, -0.05) is 25.8 Å². The van der Waals surface area contributed by atoms with Crippen molar-refractivity contribution in [3.8, 4) is 0 Å². The molecule has 1 atom stereocenters. The lowest BCUT2D eigenvalue weighted by molar-refractivity contribution is 0.106. The van der Waals surface area contributed by atoms with Crippen LogP contribution in [-0.2, 0) is 0 Å². The Morgan fingerprint density at radius 1 is 1.39 bits per heavy atom. The number of nitrogens with one attached hydrogen (secondary N) is 1. The Balaban J connectivity index is 2.26. The average Bonchev–Trinajstić information content (AvgIpc) is 3.00. The molecule has 1 fully saturated rings. The lowest BCUT2D eigenvalue weighted by Crippen LogP contribution is -2.51. The summed E-state index contributed by atoms with van der Waals surface area (Å²) < 4.78 is 0. The molecule has 1 aliphatic carbocycles. The molecule has 0 aliphatic heterocycles. The molecule has 0 radical (unpaired) electrons. The van der Waals surface area contributed by atoms with Crippen molar-refractivity contribution >= 4 is 11.3 Å². The van der Waals surface area contributed by atoms with E-state index in [0.717, 1.165) is 6.54 Å². The third-order valence-corrected chi connectivity index (χ3v) is 5.26. The van der Waals surface area contributed by atoms with Crippen LogP contribution in [0.25, 0.3) is 0 Å². The van der Waals surface area contributed by atoms with Gasteiger partial charge in [-0.2, -0.15) is 0 Å². The van der Waals surface area contributed by atoms with Crippen LogP contribution >= 0.6 is 11.3 Å². The monoisotopic (exact) mass is 266 g/mol. The van der Waals surface area contributed by atoms with Gasteiger partial charge in [-0.3, -0.25) is 0 Å². The van der Waals surface area contributed by atoms with Gasteiger partial charge in [-0.25, -0.2) is 0 Å². The summed E-state index contributed by atoms with van der Waals surface area (Å²) in [6.07, 6.45) is 6.58. The first-order chi connectivity index (χ1) is 8.70. The number of likely N-dealkylation sites (N-methyl/N-ethyl adjacent to an activating group) is 1. The van der Waals surface area contributed by atoms with Crippen molar-refractivity contribution in [2.75, 3.05) is 20.6 Å². The minimum absolute atomic E-state index is 0.319. The van der Waals surface area contributed by atoms with Crippen LogP contribution in [0.2, 0.25) is 0 Å². The number of nitrogens with zero attached hydrogens (tertiary/aromatic N) is 1. The van der Waals surface area contributed by atoms with Crippen molar-refractivity contribution in [2.45, 2.75) is 50.6 Å². The fourth-order valence-electron chi connectivity index (χ4n) is 3.28. The van der Waals surface area contributed by atoms with E-state index >= 15 is 0 Å². The van der Waals surface area contributed by atoms with Crippen molar-refractivity contribution in [1.82, 2.24) is 10.2 Å². The predicted molar refractivity (Wildman–Crippen MR) is 80.2 cm³/mol. The van der Waals surface area contributed by atoms with Gasteiger partial charge in [0.05, 0.1) is 6.04 Å². The van der Waals surface area contributed by atoms with E-state index in [-0.39, 0.29) is 0 Å². The molecule has 1 aromatic rings. The summed E-state index contributed by atoms with van der Waals surface area (Å²) in [6, 6.07) is 4.97. The summed E-state index contributed by atoms with van der Waals surface area (Å²) in [5.74, 6) is 0. The highest BCUT2D eigenvalue weighted by Crippen LogP contribution is 2.44. The highest BCUT2D eigenvalue weighted by molar-refractivity contribution is 7.10. The molecule has 0 saturated heterocycles. The van der Waals surface area contributed by atoms with Gasteiger partial charge in [0.1, 0.15) is 0 Å². The van der Waals surface area contributed by atoms with Gasteiger partial charge in [-0.05, 0) is 51.3 Å². The summed E-state index contributed by atoms with van der Waals surface area (Å²) in [5, 5.41) is 6.01. The summed E-state index contributed by atoms with van der Waals surface area (Å²) in [7, 11) is 4.50. The Labute approximate surface area is 115 Å². The molecule has 1 unspecified atom stereocenters. The number of rotatable bonds is 6. The SMILES string of the molecule is CCCNC(c1cccs1)C1(N(C)C)CCCC1. The topological polar surface area (TPSA) is 15.3 Å². The van der Waals surface area contributed by atoms with E-state index < -0.39 is 0 Å². The number of hydrogen-bond donors (Lipinski definition) is 1. The van der Waals surface area contributed by atoms with Crippen molar-refractivity contribution in [2.24, 2.45) is 0 Å². The average molecular weight is 266 g/mol. The molecule has 0 spiro atoms. The first kappa shape index (κ1) is 14.0. The van der Waals surface area contributed by atoms with Gasteiger partial charge in [0.15, 0.2) is 0 Å².